The third-order valence-electron chi connectivity index (χ3n) is 2.37. The Balaban J connectivity index is 2.69. The Hall–Kier alpha value is -1.68. The van der Waals surface area contributed by atoms with Crippen LogP contribution in [0.15, 0.2) is 30.3 Å². The van der Waals surface area contributed by atoms with Gasteiger partial charge < -0.3 is 5.73 Å². The summed E-state index contributed by atoms with van der Waals surface area (Å²) in [7, 11) is 0. The first kappa shape index (κ1) is 11.8. The second kappa shape index (κ2) is 4.30. The number of hydrogen-bond acceptors (Lipinski definition) is 1. The summed E-state index contributed by atoms with van der Waals surface area (Å²) < 4.78 is 40.3. The summed E-state index contributed by atoms with van der Waals surface area (Å²) in [4.78, 5) is 0. The van der Waals surface area contributed by atoms with E-state index in [0.29, 0.717) is 0 Å². The molecule has 0 atom stereocenters. The molecule has 2 rings (SSSR count). The maximum Gasteiger partial charge on any atom is 0.157 e. The van der Waals surface area contributed by atoms with Gasteiger partial charge in [-0.25, -0.2) is 13.2 Å². The number of hydrogen-bond donors (Lipinski definition) is 1. The van der Waals surface area contributed by atoms with Gasteiger partial charge in [0, 0.05) is 11.1 Å². The van der Waals surface area contributed by atoms with Crippen LogP contribution in [0.3, 0.4) is 0 Å². The maximum atomic E-state index is 13.7. The lowest BCUT2D eigenvalue weighted by Gasteiger charge is -2.08. The Labute approximate surface area is 101 Å². The minimum absolute atomic E-state index is 0.0540. The fourth-order valence-corrected chi connectivity index (χ4v) is 1.66. The number of nitrogens with two attached hydrogens (primary N) is 1. The monoisotopic (exact) mass is 257 g/mol. The van der Waals surface area contributed by atoms with E-state index in [4.69, 9.17) is 17.3 Å². The summed E-state index contributed by atoms with van der Waals surface area (Å²) in [5.74, 6) is -2.64. The number of anilines is 1. The molecule has 0 fully saturated rings. The van der Waals surface area contributed by atoms with Crippen molar-refractivity contribution >= 4 is 17.3 Å². The van der Waals surface area contributed by atoms with E-state index < -0.39 is 23.1 Å². The second-order valence-electron chi connectivity index (χ2n) is 3.42. The molecular weight excluding hydrogens is 251 g/mol. The fraction of sp³-hybridized carbons (Fsp3) is 0. The van der Waals surface area contributed by atoms with E-state index in [1.165, 1.54) is 18.2 Å². The van der Waals surface area contributed by atoms with Gasteiger partial charge in [0.1, 0.15) is 17.3 Å². The molecule has 5 heteroatoms. The SMILES string of the molecule is Nc1c(F)ccc(-c2cccc(Cl)c2F)c1F. The molecule has 0 spiro atoms. The lowest BCUT2D eigenvalue weighted by atomic mass is 10.0. The minimum Gasteiger partial charge on any atom is -0.394 e. The van der Waals surface area contributed by atoms with E-state index in [1.807, 2.05) is 0 Å². The minimum atomic E-state index is -0.994. The second-order valence-corrected chi connectivity index (χ2v) is 3.83. The predicted octanol–water partition coefficient (Wildman–Crippen LogP) is 4.01. The quantitative estimate of drug-likeness (QED) is 0.768. The molecule has 17 heavy (non-hydrogen) atoms. The Morgan fingerprint density at radius 2 is 1.53 bits per heavy atom. The molecule has 1 nitrogen and oxygen atoms in total. The highest BCUT2D eigenvalue weighted by molar-refractivity contribution is 6.31. The van der Waals surface area contributed by atoms with Crippen molar-refractivity contribution in [1.82, 2.24) is 0 Å². The van der Waals surface area contributed by atoms with Crippen molar-refractivity contribution in [3.05, 3.63) is 52.8 Å². The molecule has 2 aromatic carbocycles. The zero-order chi connectivity index (χ0) is 12.6. The molecule has 0 radical (unpaired) electrons. The largest absolute Gasteiger partial charge is 0.394 e. The lowest BCUT2D eigenvalue weighted by Crippen LogP contribution is -1.98. The van der Waals surface area contributed by atoms with Crippen LogP contribution in [0, 0.1) is 17.5 Å². The van der Waals surface area contributed by atoms with Crippen LogP contribution >= 0.6 is 11.6 Å². The van der Waals surface area contributed by atoms with Crippen LogP contribution in [0.4, 0.5) is 18.9 Å². The molecule has 0 saturated carbocycles. The van der Waals surface area contributed by atoms with Gasteiger partial charge in [0.05, 0.1) is 5.02 Å². The van der Waals surface area contributed by atoms with E-state index in [9.17, 15) is 13.2 Å². The highest BCUT2D eigenvalue weighted by Gasteiger charge is 2.16. The third kappa shape index (κ3) is 1.96. The molecule has 2 N–H and O–H groups in total. The predicted molar refractivity (Wildman–Crippen MR) is 61.2 cm³/mol. The van der Waals surface area contributed by atoms with Gasteiger partial charge in [-0.1, -0.05) is 23.7 Å². The molecule has 0 aliphatic carbocycles. The number of rotatable bonds is 1. The first-order valence-electron chi connectivity index (χ1n) is 4.70. The topological polar surface area (TPSA) is 26.0 Å². The van der Waals surface area contributed by atoms with Crippen molar-refractivity contribution in [2.75, 3.05) is 5.73 Å². The fourth-order valence-electron chi connectivity index (χ4n) is 1.49. The Morgan fingerprint density at radius 1 is 0.882 bits per heavy atom. The average molecular weight is 258 g/mol. The van der Waals surface area contributed by atoms with Crippen molar-refractivity contribution in [1.29, 1.82) is 0 Å². The summed E-state index contributed by atoms with van der Waals surface area (Å²) in [6.45, 7) is 0. The van der Waals surface area contributed by atoms with Crippen molar-refractivity contribution in [2.24, 2.45) is 0 Å². The van der Waals surface area contributed by atoms with Crippen LogP contribution in [0.5, 0.6) is 0 Å². The van der Waals surface area contributed by atoms with E-state index in [1.54, 1.807) is 0 Å². The van der Waals surface area contributed by atoms with Crippen molar-refractivity contribution in [3.63, 3.8) is 0 Å². The third-order valence-corrected chi connectivity index (χ3v) is 2.66. The summed E-state index contributed by atoms with van der Waals surface area (Å²) in [6, 6.07) is 6.26. The van der Waals surface area contributed by atoms with Gasteiger partial charge in [-0.05, 0) is 18.2 Å². The maximum absolute atomic E-state index is 13.7. The molecule has 0 aliphatic heterocycles. The van der Waals surface area contributed by atoms with Gasteiger partial charge in [0.2, 0.25) is 0 Å². The number of benzene rings is 2. The first-order chi connectivity index (χ1) is 8.02. The van der Waals surface area contributed by atoms with Crippen molar-refractivity contribution in [3.8, 4) is 11.1 Å². The van der Waals surface area contributed by atoms with Gasteiger partial charge in [-0.3, -0.25) is 0 Å². The zero-order valence-corrected chi connectivity index (χ0v) is 9.23. The molecule has 0 amide bonds. The molecule has 0 aliphatic rings. The molecule has 0 aromatic heterocycles. The number of nitrogen functional groups attached to an aromatic ring is 1. The van der Waals surface area contributed by atoms with Crippen LogP contribution < -0.4 is 5.73 Å². The van der Waals surface area contributed by atoms with Crippen LogP contribution in [-0.2, 0) is 0 Å². The standard InChI is InChI=1S/C12H7ClF3N/c13-8-3-1-2-6(10(8)15)7-4-5-9(14)12(17)11(7)16/h1-5H,17H2. The van der Waals surface area contributed by atoms with E-state index in [0.717, 1.165) is 12.1 Å². The Morgan fingerprint density at radius 3 is 2.24 bits per heavy atom. The summed E-state index contributed by atoms with van der Waals surface area (Å²) in [5, 5.41) is -0.134. The van der Waals surface area contributed by atoms with Gasteiger partial charge in [0.15, 0.2) is 5.82 Å². The Kier molecular flexibility index (Phi) is 2.98. The lowest BCUT2D eigenvalue weighted by molar-refractivity contribution is 0.590. The van der Waals surface area contributed by atoms with Gasteiger partial charge >= 0.3 is 0 Å². The molecule has 0 saturated heterocycles. The zero-order valence-electron chi connectivity index (χ0n) is 8.48. The van der Waals surface area contributed by atoms with E-state index >= 15 is 0 Å². The molecule has 88 valence electrons. The highest BCUT2D eigenvalue weighted by Crippen LogP contribution is 2.32. The summed E-state index contributed by atoms with van der Waals surface area (Å²) in [6.07, 6.45) is 0. The van der Waals surface area contributed by atoms with E-state index in [2.05, 4.69) is 0 Å². The molecular formula is C12H7ClF3N. The molecule has 2 aromatic rings. The van der Waals surface area contributed by atoms with Crippen LogP contribution in [-0.4, -0.2) is 0 Å². The van der Waals surface area contributed by atoms with Crippen LogP contribution in [0.25, 0.3) is 11.1 Å². The van der Waals surface area contributed by atoms with Gasteiger partial charge in [-0.15, -0.1) is 0 Å². The van der Waals surface area contributed by atoms with Crippen molar-refractivity contribution < 1.29 is 13.2 Å². The van der Waals surface area contributed by atoms with Gasteiger partial charge in [-0.2, -0.15) is 0 Å². The van der Waals surface area contributed by atoms with Crippen molar-refractivity contribution in [2.45, 2.75) is 0 Å². The number of halogens is 4. The Bertz CT molecular complexity index is 584. The first-order valence-corrected chi connectivity index (χ1v) is 5.08. The molecule has 0 unspecified atom stereocenters. The molecule has 0 heterocycles. The summed E-state index contributed by atoms with van der Waals surface area (Å²) >= 11 is 5.58. The van der Waals surface area contributed by atoms with Crippen LogP contribution in [0.2, 0.25) is 5.02 Å². The normalized spacial score (nSPS) is 10.6. The molecule has 0 bridgehead atoms. The van der Waals surface area contributed by atoms with E-state index in [-0.39, 0.29) is 16.1 Å². The average Bonchev–Trinajstić information content (AvgIpc) is 2.31. The highest BCUT2D eigenvalue weighted by atomic mass is 35.5. The summed E-state index contributed by atoms with van der Waals surface area (Å²) in [5.41, 5.74) is 4.39. The van der Waals surface area contributed by atoms with Gasteiger partial charge in [0.25, 0.3) is 0 Å². The smallest absolute Gasteiger partial charge is 0.157 e. The van der Waals surface area contributed by atoms with Crippen LogP contribution in [0.1, 0.15) is 0 Å².